The van der Waals surface area contributed by atoms with E-state index in [0.29, 0.717) is 24.7 Å². The fraction of sp³-hybridized carbons (Fsp3) is 0.125. The van der Waals surface area contributed by atoms with Gasteiger partial charge in [0.15, 0.2) is 0 Å². The number of hydrogen-bond donors (Lipinski definition) is 2. The molecule has 0 spiro atoms. The second-order valence-electron chi connectivity index (χ2n) is 9.57. The Morgan fingerprint density at radius 3 is 1.48 bits per heavy atom. The van der Waals surface area contributed by atoms with Gasteiger partial charge in [0.2, 0.25) is 10.3 Å². The smallest absolute Gasteiger partial charge is 0.263 e. The minimum absolute atomic E-state index is 0.407. The number of ether oxygens (including phenoxy) is 4. The molecule has 1 fully saturated rings. The number of nitrogens with zero attached hydrogens (tertiary/aromatic N) is 4. The highest BCUT2D eigenvalue weighted by atomic mass is 32.1. The summed E-state index contributed by atoms with van der Waals surface area (Å²) in [7, 11) is 0. The third-order valence-corrected chi connectivity index (χ3v) is 8.35. The third kappa shape index (κ3) is 6.84. The lowest BCUT2D eigenvalue weighted by atomic mass is 10.2. The van der Waals surface area contributed by atoms with E-state index in [1.165, 1.54) is 0 Å². The first-order valence-corrected chi connectivity index (χ1v) is 15.4. The maximum absolute atomic E-state index is 6.07. The quantitative estimate of drug-likeness (QED) is 0.125. The minimum atomic E-state index is -0.733. The van der Waals surface area contributed by atoms with Crippen molar-refractivity contribution in [3.8, 4) is 11.5 Å². The van der Waals surface area contributed by atoms with Crippen LogP contribution in [0.25, 0.3) is 20.4 Å². The standard InChI is InChI=1S/C32H26N6O4S2/c1-3-7-27-25(5-1)35-31(43-27)37-33-19-21-9-13-23(14-10-21)41-29-30(40-18-17-39-29)42-24-15-11-22(12-16-24)20-34-38-32-36-26-6-2-4-8-28(26)44-32/h1-16,19-20,29-30H,17-18H2,(H,35,37)(H,36,38)/b33-19-,34-20-/t29-,30+. The molecule has 12 heteroatoms. The van der Waals surface area contributed by atoms with Crippen molar-refractivity contribution in [3.05, 3.63) is 108 Å². The van der Waals surface area contributed by atoms with Crippen LogP contribution in [0.15, 0.2) is 107 Å². The van der Waals surface area contributed by atoms with Crippen molar-refractivity contribution in [3.63, 3.8) is 0 Å². The zero-order valence-electron chi connectivity index (χ0n) is 23.2. The van der Waals surface area contributed by atoms with Crippen LogP contribution < -0.4 is 20.3 Å². The van der Waals surface area contributed by atoms with Crippen LogP contribution in [0.1, 0.15) is 11.1 Å². The van der Waals surface area contributed by atoms with E-state index < -0.39 is 12.6 Å². The lowest BCUT2D eigenvalue weighted by Gasteiger charge is -2.31. The highest BCUT2D eigenvalue weighted by Crippen LogP contribution is 2.27. The largest absolute Gasteiger partial charge is 0.458 e. The van der Waals surface area contributed by atoms with Gasteiger partial charge >= 0.3 is 0 Å². The van der Waals surface area contributed by atoms with Crippen molar-refractivity contribution in [1.82, 2.24) is 9.97 Å². The van der Waals surface area contributed by atoms with Crippen molar-refractivity contribution in [1.29, 1.82) is 0 Å². The number of nitrogens with one attached hydrogen (secondary N) is 2. The van der Waals surface area contributed by atoms with Crippen LogP contribution >= 0.6 is 22.7 Å². The van der Waals surface area contributed by atoms with Crippen LogP contribution in [0.5, 0.6) is 11.5 Å². The maximum atomic E-state index is 6.07. The maximum Gasteiger partial charge on any atom is 0.263 e. The fourth-order valence-corrected chi connectivity index (χ4v) is 5.99. The topological polar surface area (TPSA) is 111 Å². The number of aromatic nitrogens is 2. The fourth-order valence-electron chi connectivity index (χ4n) is 4.36. The van der Waals surface area contributed by atoms with Gasteiger partial charge in [0, 0.05) is 0 Å². The van der Waals surface area contributed by atoms with Crippen molar-refractivity contribution >= 4 is 65.8 Å². The average Bonchev–Trinajstić information content (AvgIpc) is 3.67. The van der Waals surface area contributed by atoms with Crippen LogP contribution in [-0.2, 0) is 9.47 Å². The molecule has 0 radical (unpaired) electrons. The number of fused-ring (bicyclic) bond motifs is 2. The van der Waals surface area contributed by atoms with Crippen LogP contribution in [0.2, 0.25) is 0 Å². The van der Waals surface area contributed by atoms with E-state index in [0.717, 1.165) is 41.8 Å². The summed E-state index contributed by atoms with van der Waals surface area (Å²) in [6.07, 6.45) is 1.99. The summed E-state index contributed by atoms with van der Waals surface area (Å²) in [6.45, 7) is 0.813. The average molecular weight is 623 g/mol. The summed E-state index contributed by atoms with van der Waals surface area (Å²) in [5, 5.41) is 10.1. The molecule has 6 aromatic rings. The molecule has 1 saturated heterocycles. The molecule has 1 aliphatic heterocycles. The van der Waals surface area contributed by atoms with Crippen LogP contribution in [0, 0.1) is 0 Å². The Balaban J connectivity index is 0.915. The molecule has 0 bridgehead atoms. The summed E-state index contributed by atoms with van der Waals surface area (Å²) in [5.74, 6) is 1.25. The number of para-hydroxylation sites is 2. The zero-order chi connectivity index (χ0) is 29.6. The van der Waals surface area contributed by atoms with Gasteiger partial charge in [0.1, 0.15) is 11.5 Å². The third-order valence-electron chi connectivity index (χ3n) is 6.47. The molecule has 7 rings (SSSR count). The molecule has 2 N–H and O–H groups in total. The Hall–Kier alpha value is -4.88. The van der Waals surface area contributed by atoms with E-state index in [9.17, 15) is 0 Å². The second kappa shape index (κ2) is 13.2. The Morgan fingerprint density at radius 2 is 1.05 bits per heavy atom. The molecule has 10 nitrogen and oxygen atoms in total. The van der Waals surface area contributed by atoms with E-state index in [4.69, 9.17) is 18.9 Å². The molecule has 3 heterocycles. The number of rotatable bonds is 10. The van der Waals surface area contributed by atoms with Crippen molar-refractivity contribution < 1.29 is 18.9 Å². The first kappa shape index (κ1) is 27.9. The first-order chi connectivity index (χ1) is 21.7. The summed E-state index contributed by atoms with van der Waals surface area (Å²) < 4.78 is 26.0. The van der Waals surface area contributed by atoms with Gasteiger partial charge in [-0.2, -0.15) is 10.2 Å². The van der Waals surface area contributed by atoms with Gasteiger partial charge in [-0.1, -0.05) is 46.9 Å². The number of hydrazone groups is 2. The van der Waals surface area contributed by atoms with E-state index in [2.05, 4.69) is 31.0 Å². The van der Waals surface area contributed by atoms with Gasteiger partial charge in [-0.15, -0.1) is 0 Å². The predicted molar refractivity (Wildman–Crippen MR) is 175 cm³/mol. The Bertz CT molecular complexity index is 1700. The van der Waals surface area contributed by atoms with E-state index in [-0.39, 0.29) is 0 Å². The summed E-state index contributed by atoms with van der Waals surface area (Å²) >= 11 is 3.11. The molecule has 2 atom stereocenters. The molecule has 1 aliphatic rings. The van der Waals surface area contributed by atoms with Crippen LogP contribution in [0.4, 0.5) is 10.3 Å². The molecular weight excluding hydrogens is 597 g/mol. The number of anilines is 2. The molecule has 220 valence electrons. The first-order valence-electron chi connectivity index (χ1n) is 13.8. The van der Waals surface area contributed by atoms with Crippen molar-refractivity contribution in [2.45, 2.75) is 12.6 Å². The van der Waals surface area contributed by atoms with Crippen molar-refractivity contribution in [2.75, 3.05) is 24.1 Å². The molecular formula is C32H26N6O4S2. The highest BCUT2D eigenvalue weighted by molar-refractivity contribution is 7.22. The molecule has 0 aliphatic carbocycles. The van der Waals surface area contributed by atoms with E-state index in [1.807, 2.05) is 97.1 Å². The van der Waals surface area contributed by atoms with Gasteiger partial charge in [-0.05, 0) is 83.9 Å². The number of benzene rings is 4. The Morgan fingerprint density at radius 1 is 0.614 bits per heavy atom. The van der Waals surface area contributed by atoms with E-state index in [1.54, 1.807) is 35.1 Å². The van der Waals surface area contributed by atoms with E-state index >= 15 is 0 Å². The van der Waals surface area contributed by atoms with Gasteiger partial charge in [-0.3, -0.25) is 10.9 Å². The molecule has 0 unspecified atom stereocenters. The Labute approximate surface area is 260 Å². The molecule has 44 heavy (non-hydrogen) atoms. The molecule has 2 aromatic heterocycles. The predicted octanol–water partition coefficient (Wildman–Crippen LogP) is 6.95. The number of thiazole rings is 2. The van der Waals surface area contributed by atoms with Gasteiger partial charge < -0.3 is 18.9 Å². The van der Waals surface area contributed by atoms with Gasteiger partial charge in [-0.25, -0.2) is 9.97 Å². The summed E-state index contributed by atoms with van der Waals surface area (Å²) in [4.78, 5) is 9.04. The normalized spacial score (nSPS) is 17.0. The minimum Gasteiger partial charge on any atom is -0.458 e. The zero-order valence-corrected chi connectivity index (χ0v) is 24.8. The highest BCUT2D eigenvalue weighted by Gasteiger charge is 2.31. The lowest BCUT2D eigenvalue weighted by Crippen LogP contribution is -2.45. The number of hydrogen-bond acceptors (Lipinski definition) is 12. The molecule has 4 aromatic carbocycles. The summed E-state index contributed by atoms with van der Waals surface area (Å²) in [6, 6.07) is 31.0. The van der Waals surface area contributed by atoms with Crippen LogP contribution in [0.3, 0.4) is 0 Å². The summed E-state index contributed by atoms with van der Waals surface area (Å²) in [5.41, 5.74) is 9.69. The molecule has 0 amide bonds. The second-order valence-corrected chi connectivity index (χ2v) is 11.6. The SMILES string of the molecule is C(=N/Nc1nc2ccccc2s1)/c1ccc(O[C@H]2OCCO[C@H]2Oc2ccc(/C=N\Nc3nc4ccccc4s3)cc2)cc1. The lowest BCUT2D eigenvalue weighted by molar-refractivity contribution is -0.271. The van der Waals surface area contributed by atoms with Gasteiger partial charge in [0.05, 0.1) is 46.1 Å². The van der Waals surface area contributed by atoms with Gasteiger partial charge in [0.25, 0.3) is 12.6 Å². The van der Waals surface area contributed by atoms with Crippen molar-refractivity contribution in [2.24, 2.45) is 10.2 Å². The Kier molecular flexibility index (Phi) is 8.37. The molecule has 0 saturated carbocycles. The monoisotopic (exact) mass is 622 g/mol. The van der Waals surface area contributed by atoms with Crippen LogP contribution in [-0.4, -0.2) is 48.2 Å².